The van der Waals surface area contributed by atoms with Crippen LogP contribution in [0.2, 0.25) is 0 Å². The summed E-state index contributed by atoms with van der Waals surface area (Å²) < 4.78 is 1.23. The Morgan fingerprint density at radius 2 is 1.96 bits per heavy atom. The van der Waals surface area contributed by atoms with Crippen LogP contribution in [0.25, 0.3) is 0 Å². The van der Waals surface area contributed by atoms with Crippen molar-refractivity contribution in [3.05, 3.63) is 58.5 Å². The molecule has 2 aromatic rings. The minimum Gasteiger partial charge on any atom is -0.373 e. The molecule has 1 aliphatic carbocycles. The summed E-state index contributed by atoms with van der Waals surface area (Å²) in [5.41, 5.74) is 1.77. The first-order valence-corrected chi connectivity index (χ1v) is 9.73. The van der Waals surface area contributed by atoms with Crippen molar-refractivity contribution >= 4 is 11.6 Å². The van der Waals surface area contributed by atoms with Crippen LogP contribution in [0.4, 0.5) is 5.69 Å². The second-order valence-electron chi connectivity index (χ2n) is 7.27. The Kier molecular flexibility index (Phi) is 6.63. The predicted octanol–water partition coefficient (Wildman–Crippen LogP) is 2.37. The Balaban J connectivity index is 1.54. The van der Waals surface area contributed by atoms with Gasteiger partial charge >= 0.3 is 0 Å². The molecule has 1 fully saturated rings. The lowest BCUT2D eigenvalue weighted by atomic mass is 9.95. The van der Waals surface area contributed by atoms with Gasteiger partial charge in [-0.1, -0.05) is 49.6 Å². The average molecular weight is 368 g/mol. The molecule has 6 heteroatoms. The first-order chi connectivity index (χ1) is 13.1. The van der Waals surface area contributed by atoms with Gasteiger partial charge in [-0.15, -0.1) is 0 Å². The van der Waals surface area contributed by atoms with Gasteiger partial charge in [0.2, 0.25) is 5.91 Å². The Labute approximate surface area is 160 Å². The summed E-state index contributed by atoms with van der Waals surface area (Å²) in [5.74, 6) is -0.137. The minimum absolute atomic E-state index is 0.0245. The van der Waals surface area contributed by atoms with E-state index in [9.17, 15) is 9.59 Å². The maximum Gasteiger partial charge on any atom is 0.269 e. The Hall–Kier alpha value is -2.63. The fourth-order valence-electron chi connectivity index (χ4n) is 3.48. The van der Waals surface area contributed by atoms with Gasteiger partial charge < -0.3 is 10.2 Å². The first-order valence-electron chi connectivity index (χ1n) is 9.73. The molecule has 0 spiro atoms. The molecule has 27 heavy (non-hydrogen) atoms. The van der Waals surface area contributed by atoms with Gasteiger partial charge in [0, 0.05) is 25.7 Å². The van der Waals surface area contributed by atoms with Crippen molar-refractivity contribution in [1.82, 2.24) is 15.1 Å². The SMILES string of the molecule is CN(CCc1ccccc1)c1cnn(CC(=O)NC2CCCCC2)c(=O)c1. The first kappa shape index (κ1) is 19.1. The molecule has 1 aliphatic rings. The Morgan fingerprint density at radius 3 is 2.67 bits per heavy atom. The topological polar surface area (TPSA) is 67.2 Å². The van der Waals surface area contributed by atoms with Gasteiger partial charge in [-0.05, 0) is 24.8 Å². The summed E-state index contributed by atoms with van der Waals surface area (Å²) in [5, 5.41) is 7.21. The van der Waals surface area contributed by atoms with Gasteiger partial charge in [0.25, 0.3) is 5.56 Å². The predicted molar refractivity (Wildman–Crippen MR) is 107 cm³/mol. The number of hydrogen-bond donors (Lipinski definition) is 1. The third-order valence-electron chi connectivity index (χ3n) is 5.14. The molecule has 0 aliphatic heterocycles. The molecule has 3 rings (SSSR count). The van der Waals surface area contributed by atoms with Gasteiger partial charge in [0.1, 0.15) is 6.54 Å². The molecule has 1 aromatic carbocycles. The van der Waals surface area contributed by atoms with Crippen LogP contribution < -0.4 is 15.8 Å². The number of amides is 1. The van der Waals surface area contributed by atoms with E-state index in [-0.39, 0.29) is 24.1 Å². The van der Waals surface area contributed by atoms with Crippen LogP contribution >= 0.6 is 0 Å². The van der Waals surface area contributed by atoms with Crippen molar-refractivity contribution < 1.29 is 4.79 Å². The van der Waals surface area contributed by atoms with Crippen LogP contribution in [0.3, 0.4) is 0 Å². The number of carbonyl (C=O) groups excluding carboxylic acids is 1. The molecule has 144 valence electrons. The van der Waals surface area contributed by atoms with E-state index in [1.54, 1.807) is 12.3 Å². The van der Waals surface area contributed by atoms with Gasteiger partial charge in [0.05, 0.1) is 11.9 Å². The lowest BCUT2D eigenvalue weighted by Gasteiger charge is -2.23. The second-order valence-corrected chi connectivity index (χ2v) is 7.27. The van der Waals surface area contributed by atoms with Gasteiger partial charge in [-0.2, -0.15) is 5.10 Å². The third kappa shape index (κ3) is 5.67. The zero-order valence-corrected chi connectivity index (χ0v) is 15.9. The highest BCUT2D eigenvalue weighted by Gasteiger charge is 2.16. The number of carbonyl (C=O) groups is 1. The molecule has 0 atom stereocenters. The summed E-state index contributed by atoms with van der Waals surface area (Å²) in [4.78, 5) is 26.5. The van der Waals surface area contributed by atoms with Crippen LogP contribution in [0, 0.1) is 0 Å². The highest BCUT2D eigenvalue weighted by molar-refractivity contribution is 5.75. The lowest BCUT2D eigenvalue weighted by Crippen LogP contribution is -2.40. The average Bonchev–Trinajstić information content (AvgIpc) is 2.69. The zero-order chi connectivity index (χ0) is 19.1. The molecule has 0 unspecified atom stereocenters. The van der Waals surface area contributed by atoms with Crippen LogP contribution in [-0.2, 0) is 17.8 Å². The highest BCUT2D eigenvalue weighted by atomic mass is 16.2. The van der Waals surface area contributed by atoms with Crippen molar-refractivity contribution in [1.29, 1.82) is 0 Å². The van der Waals surface area contributed by atoms with E-state index >= 15 is 0 Å². The summed E-state index contributed by atoms with van der Waals surface area (Å²) in [6.07, 6.45) is 8.16. The molecule has 0 radical (unpaired) electrons. The van der Waals surface area contributed by atoms with Crippen molar-refractivity contribution in [3.8, 4) is 0 Å². The summed E-state index contributed by atoms with van der Waals surface area (Å²) >= 11 is 0. The molecule has 6 nitrogen and oxygen atoms in total. The quantitative estimate of drug-likeness (QED) is 0.815. The van der Waals surface area contributed by atoms with E-state index in [2.05, 4.69) is 22.5 Å². The van der Waals surface area contributed by atoms with Gasteiger partial charge in [-0.3, -0.25) is 9.59 Å². The molecule has 0 saturated heterocycles. The number of benzene rings is 1. The summed E-state index contributed by atoms with van der Waals surface area (Å²) in [6, 6.07) is 12.0. The van der Waals surface area contributed by atoms with Crippen LogP contribution in [0.1, 0.15) is 37.7 Å². The number of nitrogens with zero attached hydrogens (tertiary/aromatic N) is 3. The molecule has 1 aromatic heterocycles. The molecule has 0 bridgehead atoms. The van der Waals surface area contributed by atoms with Crippen LogP contribution in [-0.4, -0.2) is 35.3 Å². The number of likely N-dealkylation sites (N-methyl/N-ethyl adjacent to an activating group) is 1. The van der Waals surface area contributed by atoms with E-state index in [1.165, 1.54) is 16.7 Å². The second kappa shape index (κ2) is 9.35. The largest absolute Gasteiger partial charge is 0.373 e. The molecule has 1 saturated carbocycles. The standard InChI is InChI=1S/C21H28N4O2/c1-24(13-12-17-8-4-2-5-9-17)19-14-21(27)25(22-15-19)16-20(26)23-18-10-6-3-7-11-18/h2,4-5,8-9,14-15,18H,3,6-7,10-13,16H2,1H3,(H,23,26). The molecular formula is C21H28N4O2. The normalized spacial score (nSPS) is 14.7. The van der Waals surface area contributed by atoms with E-state index in [0.29, 0.717) is 0 Å². The lowest BCUT2D eigenvalue weighted by molar-refractivity contribution is -0.122. The smallest absolute Gasteiger partial charge is 0.269 e. The van der Waals surface area contributed by atoms with Crippen molar-refractivity contribution in [2.24, 2.45) is 0 Å². The number of nitrogens with one attached hydrogen (secondary N) is 1. The minimum atomic E-state index is -0.252. The van der Waals surface area contributed by atoms with E-state index < -0.39 is 0 Å². The van der Waals surface area contributed by atoms with E-state index in [1.807, 2.05) is 30.1 Å². The summed E-state index contributed by atoms with van der Waals surface area (Å²) in [7, 11) is 1.94. The van der Waals surface area contributed by atoms with E-state index in [4.69, 9.17) is 0 Å². The third-order valence-corrected chi connectivity index (χ3v) is 5.14. The zero-order valence-electron chi connectivity index (χ0n) is 15.9. The van der Waals surface area contributed by atoms with Crippen LogP contribution in [0.5, 0.6) is 0 Å². The fourth-order valence-corrected chi connectivity index (χ4v) is 3.48. The van der Waals surface area contributed by atoms with Crippen LogP contribution in [0.15, 0.2) is 47.4 Å². The Morgan fingerprint density at radius 1 is 1.22 bits per heavy atom. The molecule has 1 N–H and O–H groups in total. The molecular weight excluding hydrogens is 340 g/mol. The summed E-state index contributed by atoms with van der Waals surface area (Å²) in [6.45, 7) is 0.765. The fraction of sp³-hybridized carbons (Fsp3) is 0.476. The van der Waals surface area contributed by atoms with Gasteiger partial charge in [0.15, 0.2) is 0 Å². The van der Waals surface area contributed by atoms with E-state index in [0.717, 1.165) is 44.3 Å². The molecule has 1 amide bonds. The number of anilines is 1. The maximum absolute atomic E-state index is 12.3. The number of hydrogen-bond acceptors (Lipinski definition) is 4. The maximum atomic E-state index is 12.3. The van der Waals surface area contributed by atoms with Crippen molar-refractivity contribution in [2.45, 2.75) is 51.1 Å². The monoisotopic (exact) mass is 368 g/mol. The number of aromatic nitrogens is 2. The van der Waals surface area contributed by atoms with Crippen molar-refractivity contribution in [2.75, 3.05) is 18.5 Å². The molecule has 1 heterocycles. The Bertz CT molecular complexity index is 797. The number of rotatable bonds is 7. The highest BCUT2D eigenvalue weighted by Crippen LogP contribution is 2.17. The van der Waals surface area contributed by atoms with Crippen molar-refractivity contribution in [3.63, 3.8) is 0 Å². The van der Waals surface area contributed by atoms with Gasteiger partial charge in [-0.25, -0.2) is 4.68 Å².